The SMILES string of the molecule is C[C@H]1CC[C@H](CSc2nnnn2-c2ccc3c(c2)OCCO3)O1. The first kappa shape index (κ1) is 14.8. The van der Waals surface area contributed by atoms with Gasteiger partial charge in [0.15, 0.2) is 11.5 Å². The van der Waals surface area contributed by atoms with Crippen molar-refractivity contribution in [2.24, 2.45) is 0 Å². The molecule has 2 aromatic rings. The van der Waals surface area contributed by atoms with Crippen LogP contribution >= 0.6 is 11.8 Å². The Morgan fingerprint density at radius 2 is 2.09 bits per heavy atom. The van der Waals surface area contributed by atoms with Crippen LogP contribution in [0.25, 0.3) is 5.69 Å². The van der Waals surface area contributed by atoms with Gasteiger partial charge in [-0.25, -0.2) is 0 Å². The van der Waals surface area contributed by atoms with Crippen molar-refractivity contribution in [1.29, 1.82) is 0 Å². The van der Waals surface area contributed by atoms with E-state index >= 15 is 0 Å². The standard InChI is InChI=1S/C15H18N4O3S/c1-10-2-4-12(22-10)9-23-15-16-17-18-19(15)11-3-5-13-14(8-11)21-7-6-20-13/h3,5,8,10,12H,2,4,6-7,9H2,1H3/t10-,12+/m0/s1. The number of benzene rings is 1. The molecule has 23 heavy (non-hydrogen) atoms. The van der Waals surface area contributed by atoms with E-state index in [0.29, 0.717) is 19.3 Å². The van der Waals surface area contributed by atoms with Crippen molar-refractivity contribution in [3.05, 3.63) is 18.2 Å². The predicted octanol–water partition coefficient (Wildman–Crippen LogP) is 2.09. The summed E-state index contributed by atoms with van der Waals surface area (Å²) < 4.78 is 18.7. The van der Waals surface area contributed by atoms with Gasteiger partial charge in [-0.1, -0.05) is 11.8 Å². The highest BCUT2D eigenvalue weighted by Gasteiger charge is 2.23. The molecule has 0 N–H and O–H groups in total. The molecule has 1 aromatic heterocycles. The minimum Gasteiger partial charge on any atom is -0.486 e. The molecule has 1 fully saturated rings. The number of hydrogen-bond acceptors (Lipinski definition) is 7. The van der Waals surface area contributed by atoms with E-state index < -0.39 is 0 Å². The van der Waals surface area contributed by atoms with Crippen LogP contribution in [0.15, 0.2) is 23.4 Å². The van der Waals surface area contributed by atoms with E-state index in [1.807, 2.05) is 18.2 Å². The number of aromatic nitrogens is 4. The molecule has 2 aliphatic heterocycles. The lowest BCUT2D eigenvalue weighted by atomic mass is 10.2. The smallest absolute Gasteiger partial charge is 0.214 e. The maximum atomic E-state index is 5.84. The van der Waals surface area contributed by atoms with Crippen LogP contribution in [0.5, 0.6) is 11.5 Å². The number of hydrogen-bond donors (Lipinski definition) is 0. The lowest BCUT2D eigenvalue weighted by molar-refractivity contribution is 0.0699. The highest BCUT2D eigenvalue weighted by atomic mass is 32.2. The lowest BCUT2D eigenvalue weighted by Crippen LogP contribution is -2.15. The molecule has 1 aromatic carbocycles. The third kappa shape index (κ3) is 3.13. The predicted molar refractivity (Wildman–Crippen MR) is 84.4 cm³/mol. The molecule has 7 nitrogen and oxygen atoms in total. The van der Waals surface area contributed by atoms with E-state index in [-0.39, 0.29) is 6.10 Å². The second kappa shape index (κ2) is 6.37. The topological polar surface area (TPSA) is 71.3 Å². The fourth-order valence-corrected chi connectivity index (χ4v) is 3.71. The molecule has 0 spiro atoms. The fraction of sp³-hybridized carbons (Fsp3) is 0.533. The van der Waals surface area contributed by atoms with Gasteiger partial charge in [0.2, 0.25) is 5.16 Å². The van der Waals surface area contributed by atoms with Crippen LogP contribution < -0.4 is 9.47 Å². The Labute approximate surface area is 138 Å². The molecular formula is C15H18N4O3S. The van der Waals surface area contributed by atoms with Crippen molar-refractivity contribution in [1.82, 2.24) is 20.2 Å². The Balaban J connectivity index is 1.50. The largest absolute Gasteiger partial charge is 0.486 e. The van der Waals surface area contributed by atoms with E-state index in [2.05, 4.69) is 22.4 Å². The molecule has 122 valence electrons. The molecule has 8 heteroatoms. The van der Waals surface area contributed by atoms with Gasteiger partial charge in [0, 0.05) is 11.8 Å². The third-order valence-electron chi connectivity index (χ3n) is 3.93. The molecular weight excluding hydrogens is 316 g/mol. The second-order valence-electron chi connectivity index (χ2n) is 5.66. The normalized spacial score (nSPS) is 23.2. The zero-order valence-electron chi connectivity index (χ0n) is 12.8. The zero-order chi connectivity index (χ0) is 15.6. The van der Waals surface area contributed by atoms with Crippen molar-refractivity contribution in [2.75, 3.05) is 19.0 Å². The Morgan fingerprint density at radius 3 is 2.91 bits per heavy atom. The van der Waals surface area contributed by atoms with Crippen LogP contribution in [-0.2, 0) is 4.74 Å². The van der Waals surface area contributed by atoms with Gasteiger partial charge < -0.3 is 14.2 Å². The van der Waals surface area contributed by atoms with Crippen LogP contribution in [0.2, 0.25) is 0 Å². The second-order valence-corrected chi connectivity index (χ2v) is 6.65. The summed E-state index contributed by atoms with van der Waals surface area (Å²) in [5.41, 5.74) is 0.863. The monoisotopic (exact) mass is 334 g/mol. The quantitative estimate of drug-likeness (QED) is 0.793. The number of fused-ring (bicyclic) bond motifs is 1. The molecule has 0 bridgehead atoms. The summed E-state index contributed by atoms with van der Waals surface area (Å²) in [6.07, 6.45) is 2.85. The average Bonchev–Trinajstić information content (AvgIpc) is 3.21. The molecule has 2 aliphatic rings. The maximum Gasteiger partial charge on any atom is 0.214 e. The molecule has 0 amide bonds. The fourth-order valence-electron chi connectivity index (χ4n) is 2.77. The van der Waals surface area contributed by atoms with Crippen molar-refractivity contribution in [3.63, 3.8) is 0 Å². The molecule has 3 heterocycles. The van der Waals surface area contributed by atoms with Crippen molar-refractivity contribution in [3.8, 4) is 17.2 Å². The molecule has 2 atom stereocenters. The summed E-state index contributed by atoms with van der Waals surface area (Å²) in [4.78, 5) is 0. The summed E-state index contributed by atoms with van der Waals surface area (Å²) in [6, 6.07) is 5.73. The summed E-state index contributed by atoms with van der Waals surface area (Å²) in [5.74, 6) is 2.35. The summed E-state index contributed by atoms with van der Waals surface area (Å²) in [6.45, 7) is 3.26. The van der Waals surface area contributed by atoms with Gasteiger partial charge in [-0.2, -0.15) is 4.68 Å². The minimum absolute atomic E-state index is 0.278. The molecule has 0 aliphatic carbocycles. The molecule has 0 unspecified atom stereocenters. The minimum atomic E-state index is 0.278. The maximum absolute atomic E-state index is 5.84. The lowest BCUT2D eigenvalue weighted by Gasteiger charge is -2.18. The molecule has 1 saturated heterocycles. The van der Waals surface area contributed by atoms with Crippen LogP contribution in [0.4, 0.5) is 0 Å². The Morgan fingerprint density at radius 1 is 1.22 bits per heavy atom. The number of tetrazole rings is 1. The first-order valence-electron chi connectivity index (χ1n) is 7.76. The van der Waals surface area contributed by atoms with Crippen molar-refractivity contribution >= 4 is 11.8 Å². The van der Waals surface area contributed by atoms with Gasteiger partial charge in [0.25, 0.3) is 0 Å². The molecule has 0 radical (unpaired) electrons. The van der Waals surface area contributed by atoms with E-state index in [1.165, 1.54) is 0 Å². The number of rotatable bonds is 4. The summed E-state index contributed by atoms with van der Waals surface area (Å²) in [7, 11) is 0. The van der Waals surface area contributed by atoms with Gasteiger partial charge in [0.05, 0.1) is 17.9 Å². The first-order valence-corrected chi connectivity index (χ1v) is 8.75. The highest BCUT2D eigenvalue weighted by molar-refractivity contribution is 7.99. The molecule has 4 rings (SSSR count). The van der Waals surface area contributed by atoms with Gasteiger partial charge >= 0.3 is 0 Å². The number of nitrogens with zero attached hydrogens (tertiary/aromatic N) is 4. The average molecular weight is 334 g/mol. The number of ether oxygens (including phenoxy) is 3. The van der Waals surface area contributed by atoms with Crippen molar-refractivity contribution in [2.45, 2.75) is 37.1 Å². The summed E-state index contributed by atoms with van der Waals surface area (Å²) in [5, 5.41) is 12.8. The summed E-state index contributed by atoms with van der Waals surface area (Å²) >= 11 is 1.62. The molecule has 0 saturated carbocycles. The van der Waals surface area contributed by atoms with Crippen molar-refractivity contribution < 1.29 is 14.2 Å². The van der Waals surface area contributed by atoms with E-state index in [1.54, 1.807) is 16.4 Å². The number of thioether (sulfide) groups is 1. The van der Waals surface area contributed by atoms with Gasteiger partial charge in [-0.15, -0.1) is 5.10 Å². The third-order valence-corrected chi connectivity index (χ3v) is 4.98. The van der Waals surface area contributed by atoms with E-state index in [9.17, 15) is 0 Å². The van der Waals surface area contributed by atoms with Crippen LogP contribution in [-0.4, -0.2) is 51.4 Å². The Bertz CT molecular complexity index is 693. The first-order chi connectivity index (χ1) is 11.3. The van der Waals surface area contributed by atoms with E-state index in [4.69, 9.17) is 14.2 Å². The zero-order valence-corrected chi connectivity index (χ0v) is 13.7. The Kier molecular flexibility index (Phi) is 4.09. The van der Waals surface area contributed by atoms with Gasteiger partial charge in [0.1, 0.15) is 13.2 Å². The van der Waals surface area contributed by atoms with Gasteiger partial charge in [-0.3, -0.25) is 0 Å². The highest BCUT2D eigenvalue weighted by Crippen LogP contribution is 2.33. The van der Waals surface area contributed by atoms with Crippen LogP contribution in [0.1, 0.15) is 19.8 Å². The van der Waals surface area contributed by atoms with Crippen LogP contribution in [0, 0.1) is 0 Å². The Hall–Kier alpha value is -1.80. The van der Waals surface area contributed by atoms with Crippen LogP contribution in [0.3, 0.4) is 0 Å². The van der Waals surface area contributed by atoms with E-state index in [0.717, 1.165) is 40.9 Å². The van der Waals surface area contributed by atoms with Gasteiger partial charge in [-0.05, 0) is 42.3 Å².